The molecule has 1 fully saturated rings. The molecule has 1 aliphatic carbocycles. The largest absolute Gasteiger partial charge is 0.492 e. The summed E-state index contributed by atoms with van der Waals surface area (Å²) >= 11 is 0. The summed E-state index contributed by atoms with van der Waals surface area (Å²) in [4.78, 5) is 19.8. The maximum absolute atomic E-state index is 13.6. The van der Waals surface area contributed by atoms with E-state index in [1.54, 1.807) is 26.0 Å². The molecule has 1 aliphatic rings. The van der Waals surface area contributed by atoms with Crippen molar-refractivity contribution >= 4 is 21.8 Å². The Hall–Kier alpha value is -3.49. The Balaban J connectivity index is 1.77. The second-order valence-electron chi connectivity index (χ2n) is 9.08. The van der Waals surface area contributed by atoms with Crippen molar-refractivity contribution in [3.63, 3.8) is 0 Å². The summed E-state index contributed by atoms with van der Waals surface area (Å²) in [7, 11) is -4.79. The lowest BCUT2D eigenvalue weighted by Gasteiger charge is -2.33. The number of pyridine rings is 1. The molecular weight excluding hydrogens is 529 g/mol. The summed E-state index contributed by atoms with van der Waals surface area (Å²) in [5.41, 5.74) is 8.48. The fourth-order valence-electron chi connectivity index (χ4n) is 4.27. The van der Waals surface area contributed by atoms with Crippen LogP contribution in [0.4, 0.5) is 19.0 Å². The van der Waals surface area contributed by atoms with E-state index in [0.29, 0.717) is 46.5 Å². The van der Waals surface area contributed by atoms with Crippen LogP contribution in [-0.4, -0.2) is 52.4 Å². The number of halogens is 3. The fourth-order valence-corrected chi connectivity index (χ4v) is 5.74. The zero-order chi connectivity index (χ0) is 27.8. The minimum Gasteiger partial charge on any atom is -0.393 e. The van der Waals surface area contributed by atoms with Gasteiger partial charge in [-0.3, -0.25) is 0 Å². The number of benzene rings is 1. The number of hydrogen-bond donors (Lipinski definition) is 2. The number of aromatic nitrogens is 2. The molecule has 2 heterocycles. The molecule has 1 aromatic carbocycles. The third kappa shape index (κ3) is 5.66. The van der Waals surface area contributed by atoms with Crippen molar-refractivity contribution in [2.24, 2.45) is 0 Å². The summed E-state index contributed by atoms with van der Waals surface area (Å²) in [6, 6.07) is 6.01. The Kier molecular flexibility index (Phi) is 7.50. The van der Waals surface area contributed by atoms with Gasteiger partial charge >= 0.3 is 12.1 Å². The van der Waals surface area contributed by atoms with Gasteiger partial charge in [0.25, 0.3) is 10.0 Å². The second kappa shape index (κ2) is 10.3. The number of alkyl halides is 3. The number of aryl methyl sites for hydroxylation is 2. The average Bonchev–Trinajstić information content (AvgIpc) is 3.28. The van der Waals surface area contributed by atoms with Crippen molar-refractivity contribution in [2.75, 3.05) is 5.73 Å². The van der Waals surface area contributed by atoms with Crippen molar-refractivity contribution in [1.82, 2.24) is 14.6 Å². The summed E-state index contributed by atoms with van der Waals surface area (Å²) < 4.78 is 71.6. The van der Waals surface area contributed by atoms with Gasteiger partial charge in [0.1, 0.15) is 5.82 Å². The highest BCUT2D eigenvalue weighted by atomic mass is 32.2. The maximum atomic E-state index is 13.6. The van der Waals surface area contributed by atoms with Gasteiger partial charge in [-0.2, -0.15) is 13.2 Å². The van der Waals surface area contributed by atoms with Crippen LogP contribution in [0.2, 0.25) is 0 Å². The molecule has 0 bridgehead atoms. The van der Waals surface area contributed by atoms with Gasteiger partial charge in [0.05, 0.1) is 28.3 Å². The highest BCUT2D eigenvalue weighted by molar-refractivity contribution is 7.89. The standard InChI is InChI=1S/C24H25F3N4O6S/c1-13-6-7-18(11-19(13)15-9-20(22(28)29-12-15)21-8-14(2)30-36-21)38(34,35)31(37-23(33)24(25,26)27)16-4-3-5-17(32)10-16/h6-9,11-12,16-17,32H,3-5,10H2,1-2H3,(H2,28,29)/t16-,17-/m0/s1. The normalized spacial score (nSPS) is 18.5. The Morgan fingerprint density at radius 1 is 1.18 bits per heavy atom. The highest BCUT2D eigenvalue weighted by Gasteiger charge is 2.47. The predicted octanol–water partition coefficient (Wildman–Crippen LogP) is 3.92. The van der Waals surface area contributed by atoms with Gasteiger partial charge in [-0.25, -0.2) is 18.2 Å². The van der Waals surface area contributed by atoms with Crippen LogP contribution < -0.4 is 5.73 Å². The lowest BCUT2D eigenvalue weighted by atomic mass is 9.94. The number of carbonyl (C=O) groups excluding carboxylic acids is 1. The van der Waals surface area contributed by atoms with Crippen molar-refractivity contribution in [2.45, 2.75) is 62.7 Å². The van der Waals surface area contributed by atoms with Gasteiger partial charge in [-0.05, 0) is 73.3 Å². The van der Waals surface area contributed by atoms with E-state index in [1.807, 2.05) is 0 Å². The molecule has 0 amide bonds. The van der Waals surface area contributed by atoms with Gasteiger partial charge in [-0.1, -0.05) is 11.2 Å². The number of carbonyl (C=O) groups is 1. The van der Waals surface area contributed by atoms with E-state index in [2.05, 4.69) is 15.0 Å². The number of hydroxylamine groups is 1. The molecule has 0 saturated heterocycles. The lowest BCUT2D eigenvalue weighted by molar-refractivity contribution is -0.229. The molecule has 0 spiro atoms. The molecule has 3 N–H and O–H groups in total. The number of hydrogen-bond acceptors (Lipinski definition) is 9. The molecule has 2 atom stereocenters. The van der Waals surface area contributed by atoms with Crippen LogP contribution in [-0.2, 0) is 19.7 Å². The Labute approximate surface area is 216 Å². The Morgan fingerprint density at radius 3 is 2.55 bits per heavy atom. The zero-order valence-electron chi connectivity index (χ0n) is 20.4. The van der Waals surface area contributed by atoms with E-state index in [1.165, 1.54) is 24.4 Å². The number of aliphatic hydroxyl groups excluding tert-OH is 1. The molecule has 0 unspecified atom stereocenters. The summed E-state index contributed by atoms with van der Waals surface area (Å²) in [6.07, 6.45) is -4.37. The first-order chi connectivity index (χ1) is 17.8. The van der Waals surface area contributed by atoms with Gasteiger partial charge in [-0.15, -0.1) is 0 Å². The molecule has 3 aromatic rings. The molecule has 204 valence electrons. The van der Waals surface area contributed by atoms with Crippen LogP contribution in [0.25, 0.3) is 22.5 Å². The average molecular weight is 555 g/mol. The Morgan fingerprint density at radius 2 is 1.92 bits per heavy atom. The third-order valence-corrected chi connectivity index (χ3v) is 7.88. The summed E-state index contributed by atoms with van der Waals surface area (Å²) in [5.74, 6) is -2.19. The van der Waals surface area contributed by atoms with Gasteiger partial charge in [0.15, 0.2) is 5.76 Å². The van der Waals surface area contributed by atoms with Gasteiger partial charge in [0.2, 0.25) is 0 Å². The van der Waals surface area contributed by atoms with Crippen LogP contribution in [0.1, 0.15) is 36.9 Å². The molecule has 1 saturated carbocycles. The van der Waals surface area contributed by atoms with Crippen molar-refractivity contribution in [1.29, 1.82) is 0 Å². The minimum atomic E-state index is -5.43. The first-order valence-electron chi connectivity index (χ1n) is 11.6. The van der Waals surface area contributed by atoms with E-state index in [-0.39, 0.29) is 23.1 Å². The quantitative estimate of drug-likeness (QED) is 0.433. The van der Waals surface area contributed by atoms with E-state index >= 15 is 0 Å². The molecule has 10 nitrogen and oxygen atoms in total. The number of aliphatic hydroxyl groups is 1. The van der Waals surface area contributed by atoms with Crippen molar-refractivity contribution < 1.29 is 40.9 Å². The molecule has 0 aliphatic heterocycles. The molecule has 4 rings (SSSR count). The van der Waals surface area contributed by atoms with Crippen LogP contribution >= 0.6 is 0 Å². The second-order valence-corrected chi connectivity index (χ2v) is 10.9. The van der Waals surface area contributed by atoms with Gasteiger partial charge in [0, 0.05) is 17.8 Å². The minimum absolute atomic E-state index is 0.0730. The number of anilines is 1. The number of nitrogens with zero attached hydrogens (tertiary/aromatic N) is 3. The van der Waals surface area contributed by atoms with Crippen LogP contribution in [0.3, 0.4) is 0 Å². The molecule has 2 aromatic heterocycles. The van der Waals surface area contributed by atoms with E-state index in [9.17, 15) is 31.5 Å². The SMILES string of the molecule is Cc1cc(-c2cc(-c3cc(S(=O)(=O)N(OC(=O)C(F)(F)F)[C@H]4CCC[C@H](O)C4)ccc3C)cnc2N)on1. The van der Waals surface area contributed by atoms with Crippen LogP contribution in [0, 0.1) is 13.8 Å². The van der Waals surface area contributed by atoms with E-state index in [0.717, 1.165) is 0 Å². The smallest absolute Gasteiger partial charge is 0.393 e. The first kappa shape index (κ1) is 27.5. The molecule has 0 radical (unpaired) electrons. The predicted molar refractivity (Wildman–Crippen MR) is 128 cm³/mol. The molecular formula is C24H25F3N4O6S. The third-order valence-electron chi connectivity index (χ3n) is 6.19. The molecule has 38 heavy (non-hydrogen) atoms. The monoisotopic (exact) mass is 554 g/mol. The van der Waals surface area contributed by atoms with Gasteiger partial charge < -0.3 is 20.2 Å². The van der Waals surface area contributed by atoms with E-state index in [4.69, 9.17) is 10.3 Å². The van der Waals surface area contributed by atoms with E-state index < -0.39 is 39.2 Å². The van der Waals surface area contributed by atoms with Crippen molar-refractivity contribution in [3.8, 4) is 22.5 Å². The lowest BCUT2D eigenvalue weighted by Crippen LogP contribution is -2.47. The zero-order valence-corrected chi connectivity index (χ0v) is 21.2. The number of nitrogens with two attached hydrogens (primary N) is 1. The topological polar surface area (TPSA) is 149 Å². The summed E-state index contributed by atoms with van der Waals surface area (Å²) in [6.45, 7) is 3.43. The first-order valence-corrected chi connectivity index (χ1v) is 13.0. The fraction of sp³-hybridized carbons (Fsp3) is 0.375. The number of sulfonamides is 1. The highest BCUT2D eigenvalue weighted by Crippen LogP contribution is 2.35. The number of rotatable bonds is 6. The van der Waals surface area contributed by atoms with Crippen LogP contribution in [0.5, 0.6) is 0 Å². The number of nitrogen functional groups attached to an aromatic ring is 1. The maximum Gasteiger partial charge on any atom is 0.492 e. The Bertz CT molecular complexity index is 1460. The van der Waals surface area contributed by atoms with Crippen molar-refractivity contribution in [3.05, 3.63) is 47.8 Å². The van der Waals surface area contributed by atoms with Crippen LogP contribution in [0.15, 0.2) is 45.9 Å². The summed E-state index contributed by atoms with van der Waals surface area (Å²) in [5, 5.41) is 13.8. The molecule has 14 heteroatoms.